The quantitative estimate of drug-likeness (QED) is 0.589. The van der Waals surface area contributed by atoms with Gasteiger partial charge >= 0.3 is 0 Å². The van der Waals surface area contributed by atoms with E-state index < -0.39 is 0 Å². The molecule has 0 spiro atoms. The molecule has 0 aliphatic heterocycles. The minimum atomic E-state index is -0.157. The number of benzene rings is 2. The fourth-order valence-electron chi connectivity index (χ4n) is 2.80. The summed E-state index contributed by atoms with van der Waals surface area (Å²) in [5.74, 6) is 1.01. The predicted octanol–water partition coefficient (Wildman–Crippen LogP) is 4.59. The van der Waals surface area contributed by atoms with Crippen LogP contribution < -0.4 is 5.32 Å². The summed E-state index contributed by atoms with van der Waals surface area (Å²) in [5.41, 5.74) is 1.91. The van der Waals surface area contributed by atoms with Gasteiger partial charge in [0.25, 0.3) is 0 Å². The van der Waals surface area contributed by atoms with E-state index in [-0.39, 0.29) is 17.7 Å². The zero-order chi connectivity index (χ0) is 19.2. The van der Waals surface area contributed by atoms with Crippen molar-refractivity contribution in [3.05, 3.63) is 65.2 Å². The van der Waals surface area contributed by atoms with Crippen molar-refractivity contribution in [3.8, 4) is 11.4 Å². The van der Waals surface area contributed by atoms with Crippen molar-refractivity contribution in [2.24, 2.45) is 0 Å². The molecule has 0 bridgehead atoms. The molecule has 0 saturated carbocycles. The molecule has 3 aromatic rings. The van der Waals surface area contributed by atoms with Crippen LogP contribution in [0.4, 0.5) is 0 Å². The second-order valence-electron chi connectivity index (χ2n) is 6.02. The lowest BCUT2D eigenvalue weighted by molar-refractivity contribution is -0.119. The van der Waals surface area contributed by atoms with Crippen molar-refractivity contribution in [2.45, 2.75) is 31.6 Å². The lowest BCUT2D eigenvalue weighted by Crippen LogP contribution is -2.28. The minimum Gasteiger partial charge on any atom is -0.349 e. The van der Waals surface area contributed by atoms with Crippen molar-refractivity contribution >= 4 is 29.3 Å². The summed E-state index contributed by atoms with van der Waals surface area (Å²) in [6.45, 7) is 4.70. The maximum Gasteiger partial charge on any atom is 0.230 e. The number of aromatic nitrogens is 3. The molecule has 3 rings (SSSR count). The molecule has 0 aliphatic carbocycles. The standard InChI is InChI=1S/C20H21ClN4OS/c1-3-25-19(15-9-5-4-6-10-15)23-24-20(25)27-13-18(26)22-14(2)16-11-7-8-12-17(16)21/h4-12,14H,3,13H2,1-2H3,(H,22,26)/t14-/m1/s1. The van der Waals surface area contributed by atoms with Gasteiger partial charge in [-0.1, -0.05) is 71.9 Å². The molecule has 1 atom stereocenters. The summed E-state index contributed by atoms with van der Waals surface area (Å²) in [5, 5.41) is 12.9. The molecule has 1 aromatic heterocycles. The van der Waals surface area contributed by atoms with Gasteiger partial charge in [0.15, 0.2) is 11.0 Å². The minimum absolute atomic E-state index is 0.0701. The van der Waals surface area contributed by atoms with Crippen LogP contribution in [0.5, 0.6) is 0 Å². The molecular weight excluding hydrogens is 380 g/mol. The maximum absolute atomic E-state index is 12.4. The Hall–Kier alpha value is -2.31. The summed E-state index contributed by atoms with van der Waals surface area (Å²) >= 11 is 7.58. The van der Waals surface area contributed by atoms with Gasteiger partial charge in [-0.05, 0) is 25.5 Å². The number of hydrogen-bond acceptors (Lipinski definition) is 4. The molecule has 0 fully saturated rings. The second-order valence-corrected chi connectivity index (χ2v) is 7.37. The number of carbonyl (C=O) groups excluding carboxylic acids is 1. The first kappa shape index (κ1) is 19.5. The van der Waals surface area contributed by atoms with E-state index in [1.54, 1.807) is 0 Å². The Bertz CT molecular complexity index is 913. The highest BCUT2D eigenvalue weighted by Crippen LogP contribution is 2.25. The number of hydrogen-bond donors (Lipinski definition) is 1. The van der Waals surface area contributed by atoms with Gasteiger partial charge in [-0.15, -0.1) is 10.2 Å². The molecule has 2 aromatic carbocycles. The van der Waals surface area contributed by atoms with E-state index in [0.717, 1.165) is 28.7 Å². The van der Waals surface area contributed by atoms with Crippen molar-refractivity contribution in [3.63, 3.8) is 0 Å². The van der Waals surface area contributed by atoms with Crippen LogP contribution >= 0.6 is 23.4 Å². The Morgan fingerprint density at radius 1 is 1.15 bits per heavy atom. The summed E-state index contributed by atoms with van der Waals surface area (Å²) < 4.78 is 2.02. The van der Waals surface area contributed by atoms with E-state index >= 15 is 0 Å². The van der Waals surface area contributed by atoms with E-state index in [1.165, 1.54) is 11.8 Å². The number of carbonyl (C=O) groups is 1. The topological polar surface area (TPSA) is 59.8 Å². The molecule has 0 saturated heterocycles. The monoisotopic (exact) mass is 400 g/mol. The summed E-state index contributed by atoms with van der Waals surface area (Å²) in [7, 11) is 0. The zero-order valence-corrected chi connectivity index (χ0v) is 16.8. The number of amides is 1. The largest absolute Gasteiger partial charge is 0.349 e. The van der Waals surface area contributed by atoms with Crippen LogP contribution in [0, 0.1) is 0 Å². The van der Waals surface area contributed by atoms with E-state index in [0.29, 0.717) is 5.02 Å². The van der Waals surface area contributed by atoms with Gasteiger partial charge < -0.3 is 9.88 Å². The first-order chi connectivity index (χ1) is 13.1. The number of halogens is 1. The van der Waals surface area contributed by atoms with Crippen LogP contribution in [-0.2, 0) is 11.3 Å². The molecule has 140 valence electrons. The maximum atomic E-state index is 12.4. The fraction of sp³-hybridized carbons (Fsp3) is 0.250. The Morgan fingerprint density at radius 3 is 2.56 bits per heavy atom. The van der Waals surface area contributed by atoms with Gasteiger partial charge in [0.05, 0.1) is 11.8 Å². The van der Waals surface area contributed by atoms with E-state index in [9.17, 15) is 4.79 Å². The van der Waals surface area contributed by atoms with Gasteiger partial charge in [-0.25, -0.2) is 0 Å². The van der Waals surface area contributed by atoms with Gasteiger partial charge in [0.2, 0.25) is 5.91 Å². The SMILES string of the molecule is CCn1c(SCC(=O)N[C@H](C)c2ccccc2Cl)nnc1-c1ccccc1. The first-order valence-electron chi connectivity index (χ1n) is 8.75. The van der Waals surface area contributed by atoms with Crippen LogP contribution in [-0.4, -0.2) is 26.4 Å². The third kappa shape index (κ3) is 4.70. The average molecular weight is 401 g/mol. The van der Waals surface area contributed by atoms with E-state index in [2.05, 4.69) is 15.5 Å². The van der Waals surface area contributed by atoms with Crippen LogP contribution in [0.15, 0.2) is 59.8 Å². The highest BCUT2D eigenvalue weighted by atomic mass is 35.5. The summed E-state index contributed by atoms with van der Waals surface area (Å²) in [6, 6.07) is 17.3. The molecule has 5 nitrogen and oxygen atoms in total. The van der Waals surface area contributed by atoms with E-state index in [4.69, 9.17) is 11.6 Å². The van der Waals surface area contributed by atoms with Crippen molar-refractivity contribution in [1.29, 1.82) is 0 Å². The molecule has 0 unspecified atom stereocenters. The molecule has 0 radical (unpaired) electrons. The molecule has 1 heterocycles. The molecule has 27 heavy (non-hydrogen) atoms. The Balaban J connectivity index is 1.64. The molecule has 1 N–H and O–H groups in total. The van der Waals surface area contributed by atoms with Crippen molar-refractivity contribution in [1.82, 2.24) is 20.1 Å². The third-order valence-corrected chi connectivity index (χ3v) is 5.46. The van der Waals surface area contributed by atoms with Crippen molar-refractivity contribution < 1.29 is 4.79 Å². The number of nitrogens with zero attached hydrogens (tertiary/aromatic N) is 3. The fourth-order valence-corrected chi connectivity index (χ4v) is 3.91. The predicted molar refractivity (Wildman–Crippen MR) is 110 cm³/mol. The molecular formula is C20H21ClN4OS. The molecule has 1 amide bonds. The second kappa shape index (κ2) is 9.06. The zero-order valence-electron chi connectivity index (χ0n) is 15.2. The van der Waals surface area contributed by atoms with Gasteiger partial charge in [-0.2, -0.15) is 0 Å². The number of thioether (sulfide) groups is 1. The van der Waals surface area contributed by atoms with Crippen LogP contribution in [0.2, 0.25) is 5.02 Å². The smallest absolute Gasteiger partial charge is 0.230 e. The van der Waals surface area contributed by atoms with Crippen LogP contribution in [0.3, 0.4) is 0 Å². The Morgan fingerprint density at radius 2 is 1.85 bits per heavy atom. The summed E-state index contributed by atoms with van der Waals surface area (Å²) in [6.07, 6.45) is 0. The van der Waals surface area contributed by atoms with Gasteiger partial charge in [-0.3, -0.25) is 4.79 Å². The Labute approximate surface area is 168 Å². The molecule has 7 heteroatoms. The van der Waals surface area contributed by atoms with Gasteiger partial charge in [0, 0.05) is 17.1 Å². The van der Waals surface area contributed by atoms with Crippen LogP contribution in [0.1, 0.15) is 25.5 Å². The Kier molecular flexibility index (Phi) is 6.53. The third-order valence-electron chi connectivity index (χ3n) is 4.15. The summed E-state index contributed by atoms with van der Waals surface area (Å²) in [4.78, 5) is 12.4. The van der Waals surface area contributed by atoms with Gasteiger partial charge in [0.1, 0.15) is 0 Å². The first-order valence-corrected chi connectivity index (χ1v) is 10.1. The average Bonchev–Trinajstić information content (AvgIpc) is 3.10. The highest BCUT2D eigenvalue weighted by Gasteiger charge is 2.16. The number of nitrogens with one attached hydrogen (secondary N) is 1. The normalized spacial score (nSPS) is 12.0. The molecule has 0 aliphatic rings. The van der Waals surface area contributed by atoms with Crippen LogP contribution in [0.25, 0.3) is 11.4 Å². The lowest BCUT2D eigenvalue weighted by Gasteiger charge is -2.15. The van der Waals surface area contributed by atoms with Crippen molar-refractivity contribution in [2.75, 3.05) is 5.75 Å². The lowest BCUT2D eigenvalue weighted by atomic mass is 10.1. The highest BCUT2D eigenvalue weighted by molar-refractivity contribution is 7.99. The number of rotatable bonds is 7. The van der Waals surface area contributed by atoms with E-state index in [1.807, 2.05) is 73.0 Å².